The first-order chi connectivity index (χ1) is 14.3. The van der Waals surface area contributed by atoms with E-state index in [0.717, 1.165) is 12.1 Å². The highest BCUT2D eigenvalue weighted by atomic mass is 19.4. The molecule has 166 valence electrons. The average molecular weight is 434 g/mol. The van der Waals surface area contributed by atoms with Crippen molar-refractivity contribution in [3.63, 3.8) is 0 Å². The van der Waals surface area contributed by atoms with Crippen molar-refractivity contribution >= 4 is 17.8 Å². The van der Waals surface area contributed by atoms with Crippen molar-refractivity contribution in [2.75, 3.05) is 7.11 Å². The molecule has 1 atom stereocenters. The molecule has 0 bridgehead atoms. The summed E-state index contributed by atoms with van der Waals surface area (Å²) in [4.78, 5) is 23.6. The number of methoxy groups -OCH3 is 1. The number of carbonyl (C=O) groups is 2. The van der Waals surface area contributed by atoms with Gasteiger partial charge >= 0.3 is 12.1 Å². The van der Waals surface area contributed by atoms with Gasteiger partial charge < -0.3 is 9.84 Å². The molecule has 1 N–H and O–H groups in total. The van der Waals surface area contributed by atoms with E-state index < -0.39 is 28.7 Å². The van der Waals surface area contributed by atoms with Crippen LogP contribution in [0.5, 0.6) is 0 Å². The number of hydrogen-bond donors (Lipinski definition) is 1. The molecule has 0 aromatic heterocycles. The van der Waals surface area contributed by atoms with Gasteiger partial charge in [-0.15, -0.1) is 0 Å². The third-order valence-electron chi connectivity index (χ3n) is 5.23. The van der Waals surface area contributed by atoms with E-state index in [1.54, 1.807) is 26.8 Å². The minimum atomic E-state index is -4.43. The summed E-state index contributed by atoms with van der Waals surface area (Å²) < 4.78 is 42.8. The van der Waals surface area contributed by atoms with Crippen LogP contribution in [0.15, 0.2) is 65.8 Å². The second-order valence-electron chi connectivity index (χ2n) is 8.09. The molecule has 1 aromatic carbocycles. The van der Waals surface area contributed by atoms with Gasteiger partial charge in [0.05, 0.1) is 12.7 Å². The first-order valence-electron chi connectivity index (χ1n) is 9.57. The molecule has 31 heavy (non-hydrogen) atoms. The Hall–Kier alpha value is -2.93. The van der Waals surface area contributed by atoms with Crippen LogP contribution in [0, 0.1) is 5.41 Å². The van der Waals surface area contributed by atoms with E-state index in [-0.39, 0.29) is 12.2 Å². The largest absolute Gasteiger partial charge is 0.466 e. The molecule has 0 spiro atoms. The van der Waals surface area contributed by atoms with Crippen molar-refractivity contribution in [3.8, 4) is 0 Å². The Morgan fingerprint density at radius 2 is 1.77 bits per heavy atom. The number of ketones is 1. The standard InChI is InChI=1S/C24H25F3O4/c1-16(13-21(29)31-4)11-12-23(30)19(14-20(28)15-22(23,2)3)10-7-17-5-8-18(9-6-17)24(25,26)27/h5-14,30H,15H2,1-4H3/b10-7+,12-11+,16-13-/t23-/m1/s1. The maximum Gasteiger partial charge on any atom is 0.416 e. The van der Waals surface area contributed by atoms with Crippen LogP contribution in [0.1, 0.15) is 38.3 Å². The predicted octanol–water partition coefficient (Wildman–Crippen LogP) is 5.05. The van der Waals surface area contributed by atoms with Crippen LogP contribution < -0.4 is 0 Å². The number of allylic oxidation sites excluding steroid dienone is 3. The summed E-state index contributed by atoms with van der Waals surface area (Å²) in [5.41, 5.74) is -1.84. The van der Waals surface area contributed by atoms with Crippen LogP contribution in [0.25, 0.3) is 6.08 Å². The summed E-state index contributed by atoms with van der Waals surface area (Å²) >= 11 is 0. The summed E-state index contributed by atoms with van der Waals surface area (Å²) in [5.74, 6) is -0.706. The quantitative estimate of drug-likeness (QED) is 0.400. The topological polar surface area (TPSA) is 63.6 Å². The molecule has 0 fully saturated rings. The van der Waals surface area contributed by atoms with Crippen molar-refractivity contribution < 1.29 is 32.6 Å². The molecule has 0 unspecified atom stereocenters. The van der Waals surface area contributed by atoms with Crippen molar-refractivity contribution in [1.29, 1.82) is 0 Å². The SMILES string of the molecule is COC(=O)/C=C(C)\C=C\[C@@]1(O)C(/C=C/c2ccc(C(F)(F)F)cc2)=CC(=O)CC1(C)C. The molecule has 0 saturated heterocycles. The fourth-order valence-corrected chi connectivity index (χ4v) is 3.31. The summed E-state index contributed by atoms with van der Waals surface area (Å²) in [7, 11) is 1.26. The molecule has 0 saturated carbocycles. The monoisotopic (exact) mass is 434 g/mol. The fourth-order valence-electron chi connectivity index (χ4n) is 3.31. The number of esters is 1. The van der Waals surface area contributed by atoms with Crippen molar-refractivity contribution in [2.45, 2.75) is 39.0 Å². The Kier molecular flexibility index (Phi) is 7.11. The number of rotatable bonds is 5. The van der Waals surface area contributed by atoms with Crippen LogP contribution in [0.2, 0.25) is 0 Å². The Bertz CT molecular complexity index is 964. The predicted molar refractivity (Wildman–Crippen MR) is 112 cm³/mol. The molecular weight excluding hydrogens is 409 g/mol. The van der Waals surface area contributed by atoms with E-state index in [1.165, 1.54) is 49.6 Å². The van der Waals surface area contributed by atoms with E-state index in [4.69, 9.17) is 0 Å². The Balaban J connectivity index is 2.40. The van der Waals surface area contributed by atoms with Crippen molar-refractivity contribution in [1.82, 2.24) is 0 Å². The number of halogens is 3. The first kappa shape index (κ1) is 24.3. The second kappa shape index (κ2) is 9.06. The van der Waals surface area contributed by atoms with E-state index in [2.05, 4.69) is 4.74 Å². The lowest BCUT2D eigenvalue weighted by molar-refractivity contribution is -0.137. The highest BCUT2D eigenvalue weighted by Crippen LogP contribution is 2.45. The number of ether oxygens (including phenoxy) is 1. The first-order valence-corrected chi connectivity index (χ1v) is 9.57. The van der Waals surface area contributed by atoms with Crippen molar-refractivity contribution in [2.24, 2.45) is 5.41 Å². The molecular formula is C24H25F3O4. The van der Waals surface area contributed by atoms with Crippen LogP contribution >= 0.6 is 0 Å². The molecule has 0 radical (unpaired) electrons. The number of hydrogen-bond acceptors (Lipinski definition) is 4. The lowest BCUT2D eigenvalue weighted by Crippen LogP contribution is -2.48. The molecule has 1 aliphatic rings. The van der Waals surface area contributed by atoms with Gasteiger partial charge in [0, 0.05) is 17.9 Å². The van der Waals surface area contributed by atoms with Crippen LogP contribution in [0.3, 0.4) is 0 Å². The van der Waals surface area contributed by atoms with E-state index in [1.807, 2.05) is 0 Å². The zero-order valence-electron chi connectivity index (χ0n) is 17.8. The highest BCUT2D eigenvalue weighted by Gasteiger charge is 2.47. The number of aliphatic hydroxyl groups is 1. The number of benzene rings is 1. The van der Waals surface area contributed by atoms with Crippen molar-refractivity contribution in [3.05, 3.63) is 76.9 Å². The molecule has 0 aliphatic heterocycles. The highest BCUT2D eigenvalue weighted by molar-refractivity contribution is 5.94. The molecule has 7 heteroatoms. The summed E-state index contributed by atoms with van der Waals surface area (Å²) in [6, 6.07) is 4.57. The van der Waals surface area contributed by atoms with E-state index in [0.29, 0.717) is 16.7 Å². The van der Waals surface area contributed by atoms with Gasteiger partial charge in [0.15, 0.2) is 5.78 Å². The minimum Gasteiger partial charge on any atom is -0.466 e. The maximum absolute atomic E-state index is 12.7. The van der Waals surface area contributed by atoms with Crippen LogP contribution in [0.4, 0.5) is 13.2 Å². The van der Waals surface area contributed by atoms with Gasteiger partial charge in [-0.05, 0) is 47.9 Å². The van der Waals surface area contributed by atoms with E-state index >= 15 is 0 Å². The van der Waals surface area contributed by atoms with Gasteiger partial charge in [0.1, 0.15) is 5.60 Å². The number of alkyl halides is 3. The van der Waals surface area contributed by atoms with Gasteiger partial charge in [-0.1, -0.05) is 44.2 Å². The van der Waals surface area contributed by atoms with Crippen LogP contribution in [-0.2, 0) is 20.5 Å². The van der Waals surface area contributed by atoms with Gasteiger partial charge in [0.25, 0.3) is 0 Å². The Labute approximate surface area is 179 Å². The molecule has 2 rings (SSSR count). The number of carbonyl (C=O) groups excluding carboxylic acids is 2. The third kappa shape index (κ3) is 5.82. The third-order valence-corrected chi connectivity index (χ3v) is 5.23. The molecule has 0 heterocycles. The molecule has 1 aliphatic carbocycles. The lowest BCUT2D eigenvalue weighted by atomic mass is 9.64. The fraction of sp³-hybridized carbons (Fsp3) is 0.333. The maximum atomic E-state index is 12.7. The average Bonchev–Trinajstić information content (AvgIpc) is 2.67. The zero-order valence-corrected chi connectivity index (χ0v) is 17.8. The minimum absolute atomic E-state index is 0.102. The second-order valence-corrected chi connectivity index (χ2v) is 8.09. The zero-order chi connectivity index (χ0) is 23.4. The Morgan fingerprint density at radius 3 is 2.32 bits per heavy atom. The normalized spacial score (nSPS) is 22.1. The van der Waals surface area contributed by atoms with Gasteiger partial charge in [0.2, 0.25) is 0 Å². The Morgan fingerprint density at radius 1 is 1.16 bits per heavy atom. The molecule has 1 aromatic rings. The van der Waals surface area contributed by atoms with E-state index in [9.17, 15) is 27.9 Å². The summed E-state index contributed by atoms with van der Waals surface area (Å²) in [5, 5.41) is 11.5. The smallest absolute Gasteiger partial charge is 0.416 e. The summed E-state index contributed by atoms with van der Waals surface area (Å²) in [6.45, 7) is 5.15. The lowest BCUT2D eigenvalue weighted by Gasteiger charge is -2.44. The van der Waals surface area contributed by atoms with Gasteiger partial charge in [-0.3, -0.25) is 4.79 Å². The van der Waals surface area contributed by atoms with Crippen LogP contribution in [-0.4, -0.2) is 29.6 Å². The molecule has 4 nitrogen and oxygen atoms in total. The summed E-state index contributed by atoms with van der Waals surface area (Å²) in [6.07, 6.45) is 4.40. The van der Waals surface area contributed by atoms with Gasteiger partial charge in [-0.25, -0.2) is 4.79 Å². The molecule has 0 amide bonds. The van der Waals surface area contributed by atoms with Gasteiger partial charge in [-0.2, -0.15) is 13.2 Å².